The molecule has 0 fully saturated rings. The third-order valence-electron chi connectivity index (χ3n) is 3.31. The van der Waals surface area contributed by atoms with E-state index in [1.165, 1.54) is 0 Å². The van der Waals surface area contributed by atoms with Crippen molar-refractivity contribution in [3.8, 4) is 17.0 Å². The quantitative estimate of drug-likeness (QED) is 0.784. The number of hydrogen-bond donors (Lipinski definition) is 1. The molecule has 0 spiro atoms. The lowest BCUT2D eigenvalue weighted by Crippen LogP contribution is -1.96. The van der Waals surface area contributed by atoms with Crippen LogP contribution in [0.2, 0.25) is 5.02 Å². The van der Waals surface area contributed by atoms with E-state index >= 15 is 0 Å². The van der Waals surface area contributed by atoms with Crippen LogP contribution in [0, 0.1) is 6.92 Å². The van der Waals surface area contributed by atoms with Gasteiger partial charge in [-0.25, -0.2) is 4.98 Å². The molecule has 0 saturated carbocycles. The fraction of sp³-hybridized carbons (Fsp3) is 0.133. The lowest BCUT2D eigenvalue weighted by Gasteiger charge is -2.08. The van der Waals surface area contributed by atoms with Gasteiger partial charge in [-0.2, -0.15) is 0 Å². The number of nitrogen functional groups attached to an aromatic ring is 1. The van der Waals surface area contributed by atoms with Gasteiger partial charge in [0.15, 0.2) is 0 Å². The van der Waals surface area contributed by atoms with Crippen LogP contribution in [0.3, 0.4) is 0 Å². The van der Waals surface area contributed by atoms with E-state index in [1.807, 2.05) is 41.8 Å². The van der Waals surface area contributed by atoms with Crippen molar-refractivity contribution in [3.05, 3.63) is 47.1 Å². The standard InChI is InChI=1S/C15H14ClN3O/c1-9-5-4-8-19-14(17)13(18-15(9)19)12-10(16)6-3-7-11(12)20-2/h3-8H,17H2,1-2H3. The Labute approximate surface area is 121 Å². The minimum absolute atomic E-state index is 0.551. The van der Waals surface area contributed by atoms with Gasteiger partial charge in [0.2, 0.25) is 0 Å². The molecular weight excluding hydrogens is 274 g/mol. The number of hydrogen-bond acceptors (Lipinski definition) is 3. The molecule has 20 heavy (non-hydrogen) atoms. The topological polar surface area (TPSA) is 52.5 Å². The van der Waals surface area contributed by atoms with Crippen LogP contribution in [0.15, 0.2) is 36.5 Å². The molecule has 1 aromatic carbocycles. The minimum atomic E-state index is 0.551. The summed E-state index contributed by atoms with van der Waals surface area (Å²) in [6.07, 6.45) is 1.89. The first-order valence-corrected chi connectivity index (χ1v) is 6.57. The molecule has 102 valence electrons. The SMILES string of the molecule is COc1cccc(Cl)c1-c1nc2c(C)cccn2c1N. The Balaban J connectivity index is 2.36. The van der Waals surface area contributed by atoms with E-state index in [-0.39, 0.29) is 0 Å². The van der Waals surface area contributed by atoms with Crippen LogP contribution in [-0.4, -0.2) is 16.5 Å². The Hall–Kier alpha value is -2.20. The number of methoxy groups -OCH3 is 1. The van der Waals surface area contributed by atoms with E-state index in [0.717, 1.165) is 16.8 Å². The third kappa shape index (κ3) is 1.80. The van der Waals surface area contributed by atoms with E-state index in [4.69, 9.17) is 22.1 Å². The second-order valence-corrected chi connectivity index (χ2v) is 4.95. The van der Waals surface area contributed by atoms with Gasteiger partial charge in [0.25, 0.3) is 0 Å². The zero-order valence-corrected chi connectivity index (χ0v) is 12.0. The highest BCUT2D eigenvalue weighted by molar-refractivity contribution is 6.33. The summed E-state index contributed by atoms with van der Waals surface area (Å²) in [6, 6.07) is 9.42. The molecule has 0 amide bonds. The maximum absolute atomic E-state index is 6.30. The lowest BCUT2D eigenvalue weighted by atomic mass is 10.1. The van der Waals surface area contributed by atoms with Gasteiger partial charge < -0.3 is 10.5 Å². The molecule has 0 radical (unpaired) electrons. The molecule has 0 bridgehead atoms. The van der Waals surface area contributed by atoms with Crippen molar-refractivity contribution in [1.29, 1.82) is 0 Å². The summed E-state index contributed by atoms with van der Waals surface area (Å²) in [4.78, 5) is 4.62. The number of imidazole rings is 1. The number of anilines is 1. The first kappa shape index (κ1) is 12.8. The maximum atomic E-state index is 6.30. The minimum Gasteiger partial charge on any atom is -0.496 e. The summed E-state index contributed by atoms with van der Waals surface area (Å²) in [6.45, 7) is 2.00. The molecule has 0 saturated heterocycles. The van der Waals surface area contributed by atoms with Crippen LogP contribution in [0.25, 0.3) is 16.9 Å². The molecule has 5 heteroatoms. The van der Waals surface area contributed by atoms with E-state index < -0.39 is 0 Å². The smallest absolute Gasteiger partial charge is 0.142 e. The van der Waals surface area contributed by atoms with Crippen LogP contribution < -0.4 is 10.5 Å². The maximum Gasteiger partial charge on any atom is 0.142 e. The Kier molecular flexibility index (Phi) is 3.03. The monoisotopic (exact) mass is 287 g/mol. The average Bonchev–Trinajstić information content (AvgIpc) is 2.77. The Morgan fingerprint density at radius 1 is 1.25 bits per heavy atom. The fourth-order valence-electron chi connectivity index (χ4n) is 2.31. The van der Waals surface area contributed by atoms with Crippen LogP contribution >= 0.6 is 11.6 Å². The second kappa shape index (κ2) is 4.72. The first-order valence-electron chi connectivity index (χ1n) is 6.19. The number of aromatic nitrogens is 2. The molecule has 0 atom stereocenters. The number of nitrogens with zero attached hydrogens (tertiary/aromatic N) is 2. The van der Waals surface area contributed by atoms with E-state index in [2.05, 4.69) is 4.98 Å². The molecule has 0 aliphatic rings. The molecule has 3 aromatic rings. The summed E-state index contributed by atoms with van der Waals surface area (Å²) >= 11 is 6.30. The van der Waals surface area contributed by atoms with E-state index in [0.29, 0.717) is 22.3 Å². The summed E-state index contributed by atoms with van der Waals surface area (Å²) < 4.78 is 7.23. The number of ether oxygens (including phenoxy) is 1. The molecular formula is C15H14ClN3O. The van der Waals surface area contributed by atoms with Crippen molar-refractivity contribution in [1.82, 2.24) is 9.38 Å². The third-order valence-corrected chi connectivity index (χ3v) is 3.63. The lowest BCUT2D eigenvalue weighted by molar-refractivity contribution is 0.416. The highest BCUT2D eigenvalue weighted by Gasteiger charge is 2.18. The number of aryl methyl sites for hydroxylation is 1. The van der Waals surface area contributed by atoms with Crippen molar-refractivity contribution in [2.24, 2.45) is 0 Å². The Morgan fingerprint density at radius 3 is 2.75 bits per heavy atom. The number of fused-ring (bicyclic) bond motifs is 1. The molecule has 4 nitrogen and oxygen atoms in total. The molecule has 2 heterocycles. The Bertz CT molecular complexity index is 795. The van der Waals surface area contributed by atoms with E-state index in [1.54, 1.807) is 13.2 Å². The molecule has 0 aliphatic heterocycles. The van der Waals surface area contributed by atoms with Crippen LogP contribution in [0.1, 0.15) is 5.56 Å². The highest BCUT2D eigenvalue weighted by Crippen LogP contribution is 2.39. The number of nitrogens with two attached hydrogens (primary N) is 1. The van der Waals surface area contributed by atoms with Gasteiger partial charge in [0.1, 0.15) is 22.9 Å². The number of halogens is 1. The zero-order chi connectivity index (χ0) is 14.3. The summed E-state index contributed by atoms with van der Waals surface area (Å²) in [5.41, 5.74) is 9.45. The van der Waals surface area contributed by atoms with Gasteiger partial charge in [0.05, 0.1) is 17.7 Å². The Morgan fingerprint density at radius 2 is 2.05 bits per heavy atom. The largest absolute Gasteiger partial charge is 0.496 e. The van der Waals surface area contributed by atoms with Crippen molar-refractivity contribution in [2.75, 3.05) is 12.8 Å². The van der Waals surface area contributed by atoms with Crippen molar-refractivity contribution >= 4 is 23.1 Å². The predicted molar refractivity (Wildman–Crippen MR) is 81.3 cm³/mol. The number of pyridine rings is 1. The number of benzene rings is 1. The summed E-state index contributed by atoms with van der Waals surface area (Å²) in [7, 11) is 1.60. The van der Waals surface area contributed by atoms with Crippen LogP contribution in [-0.2, 0) is 0 Å². The second-order valence-electron chi connectivity index (χ2n) is 4.55. The molecule has 0 unspecified atom stereocenters. The van der Waals surface area contributed by atoms with Crippen molar-refractivity contribution in [3.63, 3.8) is 0 Å². The zero-order valence-electron chi connectivity index (χ0n) is 11.2. The highest BCUT2D eigenvalue weighted by atomic mass is 35.5. The summed E-state index contributed by atoms with van der Waals surface area (Å²) in [5, 5.41) is 0.567. The fourth-order valence-corrected chi connectivity index (χ4v) is 2.57. The van der Waals surface area contributed by atoms with Gasteiger partial charge >= 0.3 is 0 Å². The van der Waals surface area contributed by atoms with Crippen LogP contribution in [0.5, 0.6) is 5.75 Å². The normalized spacial score (nSPS) is 10.9. The van der Waals surface area contributed by atoms with Gasteiger partial charge in [-0.15, -0.1) is 0 Å². The average molecular weight is 288 g/mol. The van der Waals surface area contributed by atoms with Crippen molar-refractivity contribution in [2.45, 2.75) is 6.92 Å². The van der Waals surface area contributed by atoms with Gasteiger partial charge in [-0.3, -0.25) is 4.40 Å². The predicted octanol–water partition coefficient (Wildman–Crippen LogP) is 3.55. The first-order chi connectivity index (χ1) is 9.63. The molecule has 3 rings (SSSR count). The summed E-state index contributed by atoms with van der Waals surface area (Å²) in [5.74, 6) is 1.21. The molecule has 0 aliphatic carbocycles. The molecule has 2 N–H and O–H groups in total. The van der Waals surface area contributed by atoms with Gasteiger partial charge in [-0.05, 0) is 30.7 Å². The van der Waals surface area contributed by atoms with Gasteiger partial charge in [-0.1, -0.05) is 23.7 Å². The molecule has 2 aromatic heterocycles. The van der Waals surface area contributed by atoms with E-state index in [9.17, 15) is 0 Å². The van der Waals surface area contributed by atoms with Crippen molar-refractivity contribution < 1.29 is 4.74 Å². The van der Waals surface area contributed by atoms with Crippen LogP contribution in [0.4, 0.5) is 5.82 Å². The van der Waals surface area contributed by atoms with Gasteiger partial charge in [0, 0.05) is 6.20 Å². The number of rotatable bonds is 2.